The molecule has 2 aromatic rings. The number of carbonyl (C=O) groups is 1. The number of rotatable bonds is 9. The summed E-state index contributed by atoms with van der Waals surface area (Å²) in [5.74, 6) is 2.22. The monoisotopic (exact) mass is 544 g/mol. The first kappa shape index (κ1) is 28.0. The van der Waals surface area contributed by atoms with Crippen molar-refractivity contribution in [1.29, 1.82) is 0 Å². The molecule has 1 N–H and O–H groups in total. The topological polar surface area (TPSA) is 58.6 Å². The van der Waals surface area contributed by atoms with Gasteiger partial charge >= 0.3 is 0 Å². The molecule has 5 nitrogen and oxygen atoms in total. The second kappa shape index (κ2) is 12.2. The second-order valence-corrected chi connectivity index (χ2v) is 13.2. The molecule has 1 aliphatic heterocycles. The molecule has 202 valence electrons. The normalized spacial score (nSPS) is 22.9. The lowest BCUT2D eigenvalue weighted by Crippen LogP contribution is -2.39. The van der Waals surface area contributed by atoms with Crippen LogP contribution in [0.5, 0.6) is 5.75 Å². The first-order valence-electron chi connectivity index (χ1n) is 13.7. The smallest absolute Gasteiger partial charge is 0.263 e. The van der Waals surface area contributed by atoms with Crippen LogP contribution in [0.15, 0.2) is 36.4 Å². The fraction of sp³-hybridized carbons (Fsp3) is 0.567. The standard InChI is InChI=1S/C30H41ClN2O3S/c1-6-7-22-14-26(31)11-12-27(22)25-17-33(16-24-9-8-20(24)4)28-15-23(10-13-29(28)36-18-25)30(34)32-37(35)21(5)19(2)3/h10-15,19-21,24-25H,6-9,16-18H2,1-5H3,(H,32,34). The number of halogens is 1. The van der Waals surface area contributed by atoms with E-state index in [0.717, 1.165) is 42.4 Å². The van der Waals surface area contributed by atoms with Gasteiger partial charge in [0.1, 0.15) is 16.7 Å². The van der Waals surface area contributed by atoms with Crippen LogP contribution in [0.2, 0.25) is 5.02 Å². The number of hydrogen-bond acceptors (Lipinski definition) is 4. The molecule has 1 saturated carbocycles. The zero-order valence-corrected chi connectivity index (χ0v) is 24.3. The van der Waals surface area contributed by atoms with Crippen molar-refractivity contribution in [2.45, 2.75) is 71.5 Å². The minimum Gasteiger partial charge on any atom is -0.491 e. The summed E-state index contributed by atoms with van der Waals surface area (Å²) in [6.07, 6.45) is 4.53. The van der Waals surface area contributed by atoms with Gasteiger partial charge in [-0.05, 0) is 79.0 Å². The molecule has 7 heteroatoms. The highest BCUT2D eigenvalue weighted by Crippen LogP contribution is 2.41. The third-order valence-electron chi connectivity index (χ3n) is 8.23. The summed E-state index contributed by atoms with van der Waals surface area (Å²) in [4.78, 5) is 15.5. The largest absolute Gasteiger partial charge is 0.491 e. The summed E-state index contributed by atoms with van der Waals surface area (Å²) in [5, 5.41) is 0.646. The van der Waals surface area contributed by atoms with Crippen LogP contribution in [0, 0.1) is 17.8 Å². The highest BCUT2D eigenvalue weighted by atomic mass is 35.5. The van der Waals surface area contributed by atoms with Crippen LogP contribution in [0.1, 0.15) is 81.3 Å². The SMILES string of the molecule is CCCc1cc(Cl)ccc1C1COc2ccc(C(=O)NS(=O)C(C)C(C)C)cc2N(CC2CCC2C)C1. The molecular weight excluding hydrogens is 504 g/mol. The van der Waals surface area contributed by atoms with Gasteiger partial charge in [-0.15, -0.1) is 0 Å². The Hall–Kier alpha value is -2.05. The predicted octanol–water partition coefficient (Wildman–Crippen LogP) is 6.76. The van der Waals surface area contributed by atoms with Crippen LogP contribution in [0.3, 0.4) is 0 Å². The van der Waals surface area contributed by atoms with Gasteiger partial charge in [-0.3, -0.25) is 9.52 Å². The lowest BCUT2D eigenvalue weighted by Gasteiger charge is -2.39. The van der Waals surface area contributed by atoms with E-state index in [1.165, 1.54) is 24.0 Å². The Bertz CT molecular complexity index is 1140. The van der Waals surface area contributed by atoms with Gasteiger partial charge in [0.05, 0.1) is 17.5 Å². The fourth-order valence-corrected chi connectivity index (χ4v) is 6.41. The van der Waals surface area contributed by atoms with Gasteiger partial charge in [0.25, 0.3) is 5.91 Å². The van der Waals surface area contributed by atoms with E-state index in [0.29, 0.717) is 24.0 Å². The number of fused-ring (bicyclic) bond motifs is 1. The zero-order chi connectivity index (χ0) is 26.7. The van der Waals surface area contributed by atoms with Crippen LogP contribution in [0.4, 0.5) is 5.69 Å². The molecular formula is C30H41ClN2O3S. The molecule has 0 radical (unpaired) electrons. The Morgan fingerprint density at radius 2 is 1.97 bits per heavy atom. The quantitative estimate of drug-likeness (QED) is 0.379. The molecule has 0 spiro atoms. The maximum absolute atomic E-state index is 13.1. The Kier molecular flexibility index (Phi) is 9.23. The molecule has 0 saturated heterocycles. The maximum atomic E-state index is 13.1. The van der Waals surface area contributed by atoms with Gasteiger partial charge in [0.2, 0.25) is 0 Å². The van der Waals surface area contributed by atoms with Crippen molar-refractivity contribution in [3.8, 4) is 5.75 Å². The highest BCUT2D eigenvalue weighted by molar-refractivity contribution is 7.84. The number of hydrogen-bond donors (Lipinski definition) is 1. The molecule has 4 rings (SSSR count). The van der Waals surface area contributed by atoms with Gasteiger partial charge < -0.3 is 9.64 Å². The fourth-order valence-electron chi connectivity index (χ4n) is 5.24. The van der Waals surface area contributed by atoms with E-state index in [1.807, 2.05) is 39.0 Å². The Morgan fingerprint density at radius 1 is 1.19 bits per heavy atom. The van der Waals surface area contributed by atoms with Crippen LogP contribution in [0.25, 0.3) is 0 Å². The molecule has 5 atom stereocenters. The molecule has 1 fully saturated rings. The van der Waals surface area contributed by atoms with Crippen LogP contribution in [-0.4, -0.2) is 35.1 Å². The Labute approximate surface area is 229 Å². The lowest BCUT2D eigenvalue weighted by molar-refractivity contribution is 0.0982. The number of ether oxygens (including phenoxy) is 1. The van der Waals surface area contributed by atoms with E-state index in [4.69, 9.17) is 16.3 Å². The van der Waals surface area contributed by atoms with E-state index in [-0.39, 0.29) is 23.0 Å². The number of benzene rings is 2. The molecule has 0 aromatic heterocycles. The Balaban J connectivity index is 1.63. The first-order chi connectivity index (χ1) is 17.7. The molecule has 0 bridgehead atoms. The molecule has 2 aromatic carbocycles. The van der Waals surface area contributed by atoms with Gasteiger partial charge in [-0.1, -0.05) is 58.2 Å². The zero-order valence-electron chi connectivity index (χ0n) is 22.8. The summed E-state index contributed by atoms with van der Waals surface area (Å²) in [6.45, 7) is 12.8. The summed E-state index contributed by atoms with van der Waals surface area (Å²) in [7, 11) is -1.44. The van der Waals surface area contributed by atoms with Crippen molar-refractivity contribution in [2.75, 3.05) is 24.6 Å². The summed E-state index contributed by atoms with van der Waals surface area (Å²) in [5.41, 5.74) is 4.04. The van der Waals surface area contributed by atoms with Crippen LogP contribution in [-0.2, 0) is 17.4 Å². The summed E-state index contributed by atoms with van der Waals surface area (Å²) in [6, 6.07) is 11.8. The number of nitrogens with one attached hydrogen (secondary N) is 1. The predicted molar refractivity (Wildman–Crippen MR) is 154 cm³/mol. The van der Waals surface area contributed by atoms with E-state index in [1.54, 1.807) is 6.07 Å². The molecule has 1 aliphatic carbocycles. The lowest BCUT2D eigenvalue weighted by atomic mass is 9.74. The van der Waals surface area contributed by atoms with E-state index in [9.17, 15) is 9.00 Å². The van der Waals surface area contributed by atoms with E-state index >= 15 is 0 Å². The van der Waals surface area contributed by atoms with E-state index < -0.39 is 11.0 Å². The average molecular weight is 545 g/mol. The van der Waals surface area contributed by atoms with Gasteiger partial charge in [0, 0.05) is 29.6 Å². The third kappa shape index (κ3) is 6.51. The van der Waals surface area contributed by atoms with E-state index in [2.05, 4.69) is 35.6 Å². The Morgan fingerprint density at radius 3 is 2.62 bits per heavy atom. The molecule has 2 aliphatic rings. The average Bonchev–Trinajstić information content (AvgIpc) is 3.05. The number of anilines is 1. The van der Waals surface area contributed by atoms with Crippen molar-refractivity contribution in [2.24, 2.45) is 17.8 Å². The van der Waals surface area contributed by atoms with Crippen molar-refractivity contribution in [1.82, 2.24) is 4.72 Å². The minimum atomic E-state index is -1.44. The first-order valence-corrected chi connectivity index (χ1v) is 15.3. The number of amides is 1. The number of nitrogens with zero attached hydrogens (tertiary/aromatic N) is 1. The molecule has 1 amide bonds. The number of aryl methyl sites for hydroxylation is 1. The number of carbonyl (C=O) groups excluding carboxylic acids is 1. The maximum Gasteiger partial charge on any atom is 0.263 e. The van der Waals surface area contributed by atoms with Crippen molar-refractivity contribution >= 4 is 34.2 Å². The molecule has 37 heavy (non-hydrogen) atoms. The van der Waals surface area contributed by atoms with Gasteiger partial charge in [0.15, 0.2) is 0 Å². The molecule has 5 unspecified atom stereocenters. The van der Waals surface area contributed by atoms with Crippen LogP contribution >= 0.6 is 11.6 Å². The summed E-state index contributed by atoms with van der Waals surface area (Å²) >= 11 is 6.36. The van der Waals surface area contributed by atoms with Crippen molar-refractivity contribution in [3.05, 3.63) is 58.1 Å². The van der Waals surface area contributed by atoms with Gasteiger partial charge in [-0.2, -0.15) is 0 Å². The molecule has 1 heterocycles. The van der Waals surface area contributed by atoms with Crippen molar-refractivity contribution in [3.63, 3.8) is 0 Å². The third-order valence-corrected chi connectivity index (χ3v) is 10.1. The van der Waals surface area contributed by atoms with Crippen molar-refractivity contribution < 1.29 is 13.7 Å². The minimum absolute atomic E-state index is 0.123. The van der Waals surface area contributed by atoms with Crippen LogP contribution < -0.4 is 14.4 Å². The highest BCUT2D eigenvalue weighted by Gasteiger charge is 2.33. The summed E-state index contributed by atoms with van der Waals surface area (Å²) < 4.78 is 21.7. The second-order valence-electron chi connectivity index (χ2n) is 11.2. The van der Waals surface area contributed by atoms with Gasteiger partial charge in [-0.25, -0.2) is 4.21 Å².